The molecule has 22 heavy (non-hydrogen) atoms. The van der Waals surface area contributed by atoms with Crippen molar-refractivity contribution in [3.8, 4) is 11.1 Å². The van der Waals surface area contributed by atoms with Crippen LogP contribution in [0.4, 0.5) is 4.39 Å². The lowest BCUT2D eigenvalue weighted by Crippen LogP contribution is -2.08. The summed E-state index contributed by atoms with van der Waals surface area (Å²) < 4.78 is 16.3. The summed E-state index contributed by atoms with van der Waals surface area (Å²) in [7, 11) is 0. The first-order chi connectivity index (χ1) is 10.6. The summed E-state index contributed by atoms with van der Waals surface area (Å²) in [6.45, 7) is 2.65. The minimum atomic E-state index is -0.447. The Morgan fingerprint density at radius 1 is 1.14 bits per heavy atom. The Morgan fingerprint density at radius 3 is 2.50 bits per heavy atom. The summed E-state index contributed by atoms with van der Waals surface area (Å²) >= 11 is 0. The molecule has 0 saturated carbocycles. The minimum absolute atomic E-state index is 0.193. The smallest absolute Gasteiger partial charge is 0.189 e. The zero-order chi connectivity index (χ0) is 15.7. The van der Waals surface area contributed by atoms with Crippen LogP contribution in [-0.2, 0) is 6.54 Å². The van der Waals surface area contributed by atoms with Crippen molar-refractivity contribution in [3.05, 3.63) is 70.3 Å². The molecule has 0 amide bonds. The molecule has 110 valence electrons. The van der Waals surface area contributed by atoms with Gasteiger partial charge in [-0.25, -0.2) is 4.39 Å². The zero-order valence-electron chi connectivity index (χ0n) is 12.0. The molecule has 3 nitrogen and oxygen atoms in total. The van der Waals surface area contributed by atoms with Crippen molar-refractivity contribution in [2.45, 2.75) is 13.5 Å². The highest BCUT2D eigenvalue weighted by Crippen LogP contribution is 2.27. The molecule has 0 fully saturated rings. The van der Waals surface area contributed by atoms with Gasteiger partial charge in [0.25, 0.3) is 0 Å². The number of aryl methyl sites for hydroxylation is 1. The predicted molar refractivity (Wildman–Crippen MR) is 84.7 cm³/mol. The van der Waals surface area contributed by atoms with E-state index < -0.39 is 5.82 Å². The van der Waals surface area contributed by atoms with Gasteiger partial charge < -0.3 is 4.57 Å². The average Bonchev–Trinajstić information content (AvgIpc) is 2.55. The third-order valence-electron chi connectivity index (χ3n) is 3.76. The van der Waals surface area contributed by atoms with Gasteiger partial charge in [-0.3, -0.25) is 9.59 Å². The second-order valence-corrected chi connectivity index (χ2v) is 5.06. The van der Waals surface area contributed by atoms with Gasteiger partial charge in [-0.15, -0.1) is 0 Å². The summed E-state index contributed by atoms with van der Waals surface area (Å²) in [6.07, 6.45) is 2.46. The molecule has 0 atom stereocenters. The van der Waals surface area contributed by atoms with E-state index in [0.717, 1.165) is 6.29 Å². The van der Waals surface area contributed by atoms with Crippen LogP contribution >= 0.6 is 0 Å². The fourth-order valence-corrected chi connectivity index (χ4v) is 2.56. The molecular weight excluding hydrogens is 281 g/mol. The lowest BCUT2D eigenvalue weighted by molar-refractivity contribution is 0.112. The number of nitrogens with zero attached hydrogens (tertiary/aromatic N) is 1. The molecule has 3 aromatic rings. The van der Waals surface area contributed by atoms with Gasteiger partial charge in [-0.1, -0.05) is 24.3 Å². The Bertz CT molecular complexity index is 911. The van der Waals surface area contributed by atoms with Gasteiger partial charge in [-0.2, -0.15) is 0 Å². The number of aromatic nitrogens is 1. The quantitative estimate of drug-likeness (QED) is 0.692. The summed E-state index contributed by atoms with van der Waals surface area (Å²) in [5, 5.41) is 0.370. The Hall–Kier alpha value is -2.75. The van der Waals surface area contributed by atoms with Crippen LogP contribution in [0.3, 0.4) is 0 Å². The molecule has 0 aliphatic heterocycles. The number of rotatable bonds is 3. The molecule has 0 saturated heterocycles. The molecule has 0 aliphatic carbocycles. The summed E-state index contributed by atoms with van der Waals surface area (Å²) in [6, 6.07) is 11.1. The van der Waals surface area contributed by atoms with E-state index in [1.54, 1.807) is 36.5 Å². The second kappa shape index (κ2) is 5.56. The lowest BCUT2D eigenvalue weighted by Gasteiger charge is -2.11. The number of carbonyl (C=O) groups excluding carboxylic acids is 1. The third-order valence-corrected chi connectivity index (χ3v) is 3.76. The number of pyridine rings is 1. The first-order valence-corrected chi connectivity index (χ1v) is 7.02. The van der Waals surface area contributed by atoms with Crippen LogP contribution in [0.5, 0.6) is 0 Å². The first-order valence-electron chi connectivity index (χ1n) is 7.02. The number of hydrogen-bond acceptors (Lipinski definition) is 2. The Kier molecular flexibility index (Phi) is 3.59. The number of carbonyl (C=O) groups is 1. The van der Waals surface area contributed by atoms with Crippen LogP contribution in [0, 0.1) is 5.82 Å². The van der Waals surface area contributed by atoms with Gasteiger partial charge in [0, 0.05) is 35.3 Å². The van der Waals surface area contributed by atoms with Crippen molar-refractivity contribution >= 4 is 17.2 Å². The van der Waals surface area contributed by atoms with E-state index in [1.165, 1.54) is 12.1 Å². The van der Waals surface area contributed by atoms with E-state index in [1.807, 2.05) is 11.5 Å². The number of fused-ring (bicyclic) bond motifs is 1. The Morgan fingerprint density at radius 2 is 1.86 bits per heavy atom. The largest absolute Gasteiger partial charge is 0.348 e. The molecule has 0 radical (unpaired) electrons. The van der Waals surface area contributed by atoms with Crippen molar-refractivity contribution in [2.75, 3.05) is 0 Å². The van der Waals surface area contributed by atoms with Crippen molar-refractivity contribution < 1.29 is 9.18 Å². The van der Waals surface area contributed by atoms with Crippen LogP contribution in [-0.4, -0.2) is 10.9 Å². The number of hydrogen-bond donors (Lipinski definition) is 0. The molecule has 0 bridgehead atoms. The average molecular weight is 295 g/mol. The molecule has 1 heterocycles. The van der Waals surface area contributed by atoms with E-state index in [2.05, 4.69) is 0 Å². The normalized spacial score (nSPS) is 10.8. The Balaban J connectivity index is 2.27. The highest BCUT2D eigenvalue weighted by atomic mass is 19.1. The van der Waals surface area contributed by atoms with Crippen molar-refractivity contribution in [3.63, 3.8) is 0 Å². The van der Waals surface area contributed by atoms with E-state index in [4.69, 9.17) is 0 Å². The van der Waals surface area contributed by atoms with Crippen LogP contribution < -0.4 is 5.43 Å². The number of benzene rings is 2. The second-order valence-electron chi connectivity index (χ2n) is 5.06. The fraction of sp³-hybridized carbons (Fsp3) is 0.111. The number of halogens is 1. The van der Waals surface area contributed by atoms with Crippen LogP contribution in [0.2, 0.25) is 0 Å². The molecule has 2 aromatic carbocycles. The van der Waals surface area contributed by atoms with Crippen LogP contribution in [0.1, 0.15) is 17.3 Å². The lowest BCUT2D eigenvalue weighted by atomic mass is 10.0. The SMILES string of the molecule is CCn1ccc(=O)c2cc(F)c(-c3ccc(C=O)cc3)cc21. The van der Waals surface area contributed by atoms with E-state index >= 15 is 0 Å². The van der Waals surface area contributed by atoms with Gasteiger partial charge in [0.2, 0.25) is 0 Å². The van der Waals surface area contributed by atoms with Crippen LogP contribution in [0.25, 0.3) is 22.0 Å². The Labute approximate surface area is 126 Å². The summed E-state index contributed by atoms with van der Waals surface area (Å²) in [5.74, 6) is -0.447. The standard InChI is InChI=1S/C18H14FNO2/c1-2-20-8-7-18(22)15-9-16(19)14(10-17(15)20)13-5-3-12(11-21)4-6-13/h3-11H,2H2,1H3. The van der Waals surface area contributed by atoms with Crippen molar-refractivity contribution in [1.82, 2.24) is 4.57 Å². The number of aldehydes is 1. The van der Waals surface area contributed by atoms with Gasteiger partial charge in [-0.05, 0) is 24.6 Å². The minimum Gasteiger partial charge on any atom is -0.348 e. The topological polar surface area (TPSA) is 39.1 Å². The zero-order valence-corrected chi connectivity index (χ0v) is 12.0. The highest BCUT2D eigenvalue weighted by molar-refractivity contribution is 5.85. The van der Waals surface area contributed by atoms with Gasteiger partial charge >= 0.3 is 0 Å². The van der Waals surface area contributed by atoms with Gasteiger partial charge in [0.05, 0.1) is 5.52 Å². The molecule has 0 aliphatic rings. The van der Waals surface area contributed by atoms with Gasteiger partial charge in [0.1, 0.15) is 12.1 Å². The van der Waals surface area contributed by atoms with E-state index in [0.29, 0.717) is 34.1 Å². The molecule has 0 unspecified atom stereocenters. The molecule has 0 N–H and O–H groups in total. The predicted octanol–water partition coefficient (Wildman–Crippen LogP) is 3.64. The molecule has 3 rings (SSSR count). The fourth-order valence-electron chi connectivity index (χ4n) is 2.56. The van der Waals surface area contributed by atoms with E-state index in [9.17, 15) is 14.0 Å². The van der Waals surface area contributed by atoms with Crippen molar-refractivity contribution in [2.24, 2.45) is 0 Å². The third kappa shape index (κ3) is 2.33. The van der Waals surface area contributed by atoms with Gasteiger partial charge in [0.15, 0.2) is 5.43 Å². The molecule has 4 heteroatoms. The van der Waals surface area contributed by atoms with Crippen LogP contribution in [0.15, 0.2) is 53.5 Å². The maximum Gasteiger partial charge on any atom is 0.189 e. The maximum absolute atomic E-state index is 14.4. The highest BCUT2D eigenvalue weighted by Gasteiger charge is 2.11. The van der Waals surface area contributed by atoms with E-state index in [-0.39, 0.29) is 5.43 Å². The maximum atomic E-state index is 14.4. The summed E-state index contributed by atoms with van der Waals surface area (Å²) in [5.41, 5.74) is 2.13. The first kappa shape index (κ1) is 14.2. The van der Waals surface area contributed by atoms with Crippen molar-refractivity contribution in [1.29, 1.82) is 0 Å². The molecular formula is C18H14FNO2. The summed E-state index contributed by atoms with van der Waals surface area (Å²) in [4.78, 5) is 22.6. The monoisotopic (exact) mass is 295 g/mol. The molecule has 1 aromatic heterocycles. The molecule has 0 spiro atoms.